The summed E-state index contributed by atoms with van der Waals surface area (Å²) in [4.78, 5) is 22.6. The Balaban J connectivity index is 3.07. The van der Waals surface area contributed by atoms with Crippen molar-refractivity contribution in [1.82, 2.24) is 0 Å². The van der Waals surface area contributed by atoms with E-state index in [1.54, 1.807) is 0 Å². The molecule has 1 aromatic carbocycles. The van der Waals surface area contributed by atoms with Crippen LogP contribution in [-0.4, -0.2) is 24.7 Å². The van der Waals surface area contributed by atoms with E-state index in [1.807, 2.05) is 0 Å². The van der Waals surface area contributed by atoms with Gasteiger partial charge in [-0.05, 0) is 5.56 Å². The maximum atomic E-state index is 12.0. The van der Waals surface area contributed by atoms with E-state index in [4.69, 9.17) is 0 Å². The van der Waals surface area contributed by atoms with Gasteiger partial charge in [0, 0.05) is 0 Å². The Morgan fingerprint density at radius 3 is 1.52 bits per heavy atom. The fourth-order valence-electron chi connectivity index (χ4n) is 1.36. The average Bonchev–Trinajstić information content (AvgIpc) is 2.25. The molecule has 0 aromatic heterocycles. The largest absolute Gasteiger partial charge is 0.575 e. The molecule has 0 heterocycles. The number of hydrogen-bond donors (Lipinski definition) is 0. The van der Waals surface area contributed by atoms with Crippen molar-refractivity contribution in [2.24, 2.45) is 0 Å². The van der Waals surface area contributed by atoms with Gasteiger partial charge in [-0.1, -0.05) is 30.3 Å². The number of halogens is 6. The van der Waals surface area contributed by atoms with Gasteiger partial charge in [0.15, 0.2) is 5.92 Å². The zero-order chi connectivity index (χ0) is 16.3. The van der Waals surface area contributed by atoms with E-state index in [1.165, 1.54) is 18.2 Å². The zero-order valence-corrected chi connectivity index (χ0v) is 9.86. The number of carbonyl (C=O) groups excluding carboxylic acids is 2. The number of hydrogen-bond acceptors (Lipinski definition) is 4. The van der Waals surface area contributed by atoms with E-state index in [0.717, 1.165) is 12.1 Å². The summed E-state index contributed by atoms with van der Waals surface area (Å²) in [5, 5.41) is 0. The number of ether oxygens (including phenoxy) is 2. The minimum absolute atomic E-state index is 0.430. The monoisotopic (exact) mass is 316 g/mol. The number of carbonyl (C=O) groups is 2. The highest BCUT2D eigenvalue weighted by Gasteiger charge is 2.44. The summed E-state index contributed by atoms with van der Waals surface area (Å²) in [6.07, 6.45) is -10.9. The van der Waals surface area contributed by atoms with Crippen LogP contribution in [0.25, 0.3) is 0 Å². The van der Waals surface area contributed by atoms with Gasteiger partial charge >= 0.3 is 24.7 Å². The summed E-state index contributed by atoms with van der Waals surface area (Å²) in [6, 6.07) is 5.78. The Bertz CT molecular complexity index is 480. The van der Waals surface area contributed by atoms with Crippen molar-refractivity contribution in [1.29, 1.82) is 0 Å². The van der Waals surface area contributed by atoms with Crippen molar-refractivity contribution in [2.75, 3.05) is 0 Å². The van der Waals surface area contributed by atoms with Crippen LogP contribution in [0.15, 0.2) is 30.3 Å². The van der Waals surface area contributed by atoms with E-state index in [2.05, 4.69) is 9.47 Å². The molecule has 10 heteroatoms. The summed E-state index contributed by atoms with van der Waals surface area (Å²) in [7, 11) is 0. The highest BCUT2D eigenvalue weighted by atomic mass is 19.4. The summed E-state index contributed by atoms with van der Waals surface area (Å²) < 4.78 is 77.8. The predicted molar refractivity (Wildman–Crippen MR) is 53.5 cm³/mol. The molecule has 0 aliphatic carbocycles. The third-order valence-corrected chi connectivity index (χ3v) is 2.04. The molecule has 0 saturated carbocycles. The summed E-state index contributed by atoms with van der Waals surface area (Å²) in [5.74, 6) is -6.94. The molecule has 0 saturated heterocycles. The Morgan fingerprint density at radius 2 is 1.19 bits per heavy atom. The predicted octanol–water partition coefficient (Wildman–Crippen LogP) is 2.90. The van der Waals surface area contributed by atoms with Gasteiger partial charge in [0.1, 0.15) is 0 Å². The second-order valence-corrected chi connectivity index (χ2v) is 3.58. The van der Waals surface area contributed by atoms with Gasteiger partial charge in [-0.15, -0.1) is 26.3 Å². The second-order valence-electron chi connectivity index (χ2n) is 3.58. The maximum absolute atomic E-state index is 12.0. The molecule has 0 bridgehead atoms. The third kappa shape index (κ3) is 5.71. The molecule has 0 radical (unpaired) electrons. The Labute approximate surface area is 113 Å². The van der Waals surface area contributed by atoms with Crippen LogP contribution >= 0.6 is 0 Å². The molecule has 21 heavy (non-hydrogen) atoms. The molecule has 116 valence electrons. The van der Waals surface area contributed by atoms with Crippen LogP contribution in [0.1, 0.15) is 11.5 Å². The first-order valence-corrected chi connectivity index (χ1v) is 5.14. The lowest BCUT2D eigenvalue weighted by Crippen LogP contribution is -2.33. The van der Waals surface area contributed by atoms with Crippen LogP contribution in [0.2, 0.25) is 0 Å². The van der Waals surface area contributed by atoms with Gasteiger partial charge in [0.2, 0.25) is 0 Å². The van der Waals surface area contributed by atoms with Crippen LogP contribution in [0.3, 0.4) is 0 Å². The van der Waals surface area contributed by atoms with Crippen molar-refractivity contribution in [3.63, 3.8) is 0 Å². The smallest absolute Gasteiger partial charge is 0.372 e. The van der Waals surface area contributed by atoms with E-state index in [-0.39, 0.29) is 0 Å². The average molecular weight is 316 g/mol. The molecule has 0 spiro atoms. The molecule has 1 aromatic rings. The minimum atomic E-state index is -5.44. The van der Waals surface area contributed by atoms with Gasteiger partial charge in [0.05, 0.1) is 0 Å². The number of alkyl halides is 6. The lowest BCUT2D eigenvalue weighted by atomic mass is 9.99. The third-order valence-electron chi connectivity index (χ3n) is 2.04. The minimum Gasteiger partial charge on any atom is -0.372 e. The topological polar surface area (TPSA) is 52.6 Å². The van der Waals surface area contributed by atoms with Gasteiger partial charge in [0.25, 0.3) is 0 Å². The van der Waals surface area contributed by atoms with Crippen LogP contribution in [-0.2, 0) is 19.1 Å². The molecule has 4 nitrogen and oxygen atoms in total. The number of esters is 2. The van der Waals surface area contributed by atoms with Crippen molar-refractivity contribution in [2.45, 2.75) is 18.6 Å². The number of benzene rings is 1. The summed E-state index contributed by atoms with van der Waals surface area (Å²) >= 11 is 0. The fraction of sp³-hybridized carbons (Fsp3) is 0.273. The Morgan fingerprint density at radius 1 is 0.810 bits per heavy atom. The van der Waals surface area contributed by atoms with Gasteiger partial charge in [-0.3, -0.25) is 9.59 Å². The molecular formula is C11H6F6O4. The quantitative estimate of drug-likeness (QED) is 0.489. The van der Waals surface area contributed by atoms with Gasteiger partial charge in [-0.2, -0.15) is 0 Å². The summed E-state index contributed by atoms with van der Waals surface area (Å²) in [6.45, 7) is 0. The van der Waals surface area contributed by atoms with E-state index in [0.29, 0.717) is 0 Å². The zero-order valence-electron chi connectivity index (χ0n) is 9.86. The standard InChI is InChI=1S/C11H6F6O4/c12-10(13,14)20-8(18)7(6-4-2-1-3-5-6)9(19)21-11(15,16)17/h1-5,7H. The van der Waals surface area contributed by atoms with E-state index in [9.17, 15) is 35.9 Å². The normalized spacial score (nSPS) is 12.1. The first-order chi connectivity index (χ1) is 9.49. The molecule has 0 atom stereocenters. The van der Waals surface area contributed by atoms with Crippen LogP contribution in [0.5, 0.6) is 0 Å². The SMILES string of the molecule is O=C(OC(F)(F)F)C(C(=O)OC(F)(F)F)c1ccccc1. The Kier molecular flexibility index (Phi) is 4.81. The first kappa shape index (κ1) is 16.8. The Hall–Kier alpha value is -2.26. The number of rotatable bonds is 3. The molecule has 0 amide bonds. The second kappa shape index (κ2) is 6.02. The molecule has 0 aliphatic heterocycles. The molecular weight excluding hydrogens is 310 g/mol. The van der Waals surface area contributed by atoms with E-state index >= 15 is 0 Å². The lowest BCUT2D eigenvalue weighted by molar-refractivity contribution is -0.312. The molecule has 0 N–H and O–H groups in total. The van der Waals surface area contributed by atoms with Crippen molar-refractivity contribution >= 4 is 11.9 Å². The first-order valence-electron chi connectivity index (χ1n) is 5.14. The van der Waals surface area contributed by atoms with Gasteiger partial charge < -0.3 is 9.47 Å². The fourth-order valence-corrected chi connectivity index (χ4v) is 1.36. The summed E-state index contributed by atoms with van der Waals surface area (Å²) in [5.41, 5.74) is -0.430. The van der Waals surface area contributed by atoms with E-state index < -0.39 is 36.1 Å². The van der Waals surface area contributed by atoms with Crippen molar-refractivity contribution < 1.29 is 45.4 Å². The molecule has 1 rings (SSSR count). The highest BCUT2D eigenvalue weighted by molar-refractivity contribution is 6.00. The van der Waals surface area contributed by atoms with Crippen molar-refractivity contribution in [3.05, 3.63) is 35.9 Å². The maximum Gasteiger partial charge on any atom is 0.575 e. The molecule has 0 unspecified atom stereocenters. The highest BCUT2D eigenvalue weighted by Crippen LogP contribution is 2.27. The van der Waals surface area contributed by atoms with Crippen LogP contribution < -0.4 is 0 Å². The molecule has 0 aliphatic rings. The van der Waals surface area contributed by atoms with Crippen LogP contribution in [0.4, 0.5) is 26.3 Å². The van der Waals surface area contributed by atoms with Crippen LogP contribution in [0, 0.1) is 0 Å². The van der Waals surface area contributed by atoms with Crippen molar-refractivity contribution in [3.8, 4) is 0 Å². The van der Waals surface area contributed by atoms with Gasteiger partial charge in [-0.25, -0.2) is 0 Å². The lowest BCUT2D eigenvalue weighted by Gasteiger charge is -2.17. The molecule has 0 fully saturated rings.